The Hall–Kier alpha value is -1.06. The maximum absolute atomic E-state index is 11.3. The summed E-state index contributed by atoms with van der Waals surface area (Å²) < 4.78 is 10.1. The van der Waals surface area contributed by atoms with Crippen LogP contribution in [0.4, 0.5) is 0 Å². The van der Waals surface area contributed by atoms with Crippen molar-refractivity contribution in [2.45, 2.75) is 53.6 Å². The van der Waals surface area contributed by atoms with Crippen LogP contribution in [-0.2, 0) is 19.1 Å². The molecule has 0 heterocycles. The summed E-state index contributed by atoms with van der Waals surface area (Å²) in [6, 6.07) is 0. The Morgan fingerprint density at radius 3 is 1.82 bits per heavy atom. The van der Waals surface area contributed by atoms with Crippen molar-refractivity contribution in [2.75, 3.05) is 6.61 Å². The van der Waals surface area contributed by atoms with E-state index in [1.165, 1.54) is 0 Å². The normalized spacial score (nSPS) is 12.6. The molecular weight excluding hydrogens is 220 g/mol. The summed E-state index contributed by atoms with van der Waals surface area (Å²) in [5, 5.41) is 0. The van der Waals surface area contributed by atoms with E-state index < -0.39 is 0 Å². The van der Waals surface area contributed by atoms with Gasteiger partial charge in [0.1, 0.15) is 12.7 Å². The van der Waals surface area contributed by atoms with Crippen LogP contribution >= 0.6 is 0 Å². The van der Waals surface area contributed by atoms with Gasteiger partial charge in [0.25, 0.3) is 0 Å². The lowest BCUT2D eigenvalue weighted by Gasteiger charge is -2.14. The molecule has 0 fully saturated rings. The van der Waals surface area contributed by atoms with Crippen molar-refractivity contribution < 1.29 is 19.1 Å². The number of hydrogen-bond acceptors (Lipinski definition) is 4. The Balaban J connectivity index is 3.75. The molecule has 0 spiro atoms. The lowest BCUT2D eigenvalue weighted by atomic mass is 10.1. The maximum atomic E-state index is 11.3. The zero-order valence-corrected chi connectivity index (χ0v) is 11.5. The highest BCUT2D eigenvalue weighted by Crippen LogP contribution is 2.05. The summed E-state index contributed by atoms with van der Waals surface area (Å²) in [5.41, 5.74) is 0. The molecule has 0 radical (unpaired) electrons. The van der Waals surface area contributed by atoms with Crippen LogP contribution < -0.4 is 0 Å². The van der Waals surface area contributed by atoms with Crippen molar-refractivity contribution in [1.82, 2.24) is 0 Å². The van der Waals surface area contributed by atoms with Crippen molar-refractivity contribution in [3.05, 3.63) is 0 Å². The topological polar surface area (TPSA) is 52.6 Å². The van der Waals surface area contributed by atoms with Crippen molar-refractivity contribution in [3.63, 3.8) is 0 Å². The van der Waals surface area contributed by atoms with Gasteiger partial charge in [-0.25, -0.2) is 0 Å². The molecule has 0 aliphatic carbocycles. The van der Waals surface area contributed by atoms with E-state index in [1.54, 1.807) is 6.92 Å². The number of ether oxygens (including phenoxy) is 2. The van der Waals surface area contributed by atoms with Gasteiger partial charge < -0.3 is 9.47 Å². The number of carbonyl (C=O) groups excluding carboxylic acids is 2. The second kappa shape index (κ2) is 8.09. The number of hydrogen-bond donors (Lipinski definition) is 0. The maximum Gasteiger partial charge on any atom is 0.306 e. The number of esters is 2. The molecule has 0 aliphatic rings. The van der Waals surface area contributed by atoms with Crippen LogP contribution in [0.25, 0.3) is 0 Å². The Morgan fingerprint density at radius 1 is 0.882 bits per heavy atom. The van der Waals surface area contributed by atoms with Gasteiger partial charge in [0.15, 0.2) is 0 Å². The van der Waals surface area contributed by atoms with Crippen LogP contribution in [0.15, 0.2) is 0 Å². The van der Waals surface area contributed by atoms with E-state index in [4.69, 9.17) is 9.47 Å². The quantitative estimate of drug-likeness (QED) is 0.646. The third-order valence-corrected chi connectivity index (χ3v) is 1.96. The van der Waals surface area contributed by atoms with Gasteiger partial charge in [0.2, 0.25) is 0 Å². The molecule has 0 aromatic rings. The molecule has 0 amide bonds. The van der Waals surface area contributed by atoms with Crippen LogP contribution in [-0.4, -0.2) is 24.6 Å². The molecule has 0 aromatic heterocycles. The minimum absolute atomic E-state index is 0.134. The first-order valence-corrected chi connectivity index (χ1v) is 6.16. The molecule has 4 nitrogen and oxygen atoms in total. The first-order valence-electron chi connectivity index (χ1n) is 6.16. The molecule has 0 rings (SSSR count). The molecule has 17 heavy (non-hydrogen) atoms. The molecule has 0 aliphatic heterocycles. The molecule has 100 valence electrons. The largest absolute Gasteiger partial charge is 0.462 e. The van der Waals surface area contributed by atoms with Crippen LogP contribution in [0, 0.1) is 11.8 Å². The zero-order valence-electron chi connectivity index (χ0n) is 11.5. The monoisotopic (exact) mass is 244 g/mol. The average Bonchev–Trinajstić information content (AvgIpc) is 2.12. The van der Waals surface area contributed by atoms with E-state index in [0.717, 1.165) is 0 Å². The van der Waals surface area contributed by atoms with Gasteiger partial charge >= 0.3 is 11.9 Å². The Bertz CT molecular complexity index is 246. The molecule has 0 saturated carbocycles. The Morgan fingerprint density at radius 2 is 1.35 bits per heavy atom. The predicted octanol–water partition coefficient (Wildman–Crippen LogP) is 2.55. The van der Waals surface area contributed by atoms with Crippen molar-refractivity contribution in [2.24, 2.45) is 11.8 Å². The summed E-state index contributed by atoms with van der Waals surface area (Å²) in [4.78, 5) is 22.6. The fourth-order valence-electron chi connectivity index (χ4n) is 1.24. The van der Waals surface area contributed by atoms with E-state index in [-0.39, 0.29) is 36.5 Å². The number of carbonyl (C=O) groups is 2. The Kier molecular flexibility index (Phi) is 7.59. The van der Waals surface area contributed by atoms with Gasteiger partial charge in [-0.05, 0) is 18.8 Å². The van der Waals surface area contributed by atoms with Gasteiger partial charge in [-0.15, -0.1) is 0 Å². The van der Waals surface area contributed by atoms with E-state index in [9.17, 15) is 9.59 Å². The molecule has 0 bridgehead atoms. The van der Waals surface area contributed by atoms with E-state index in [2.05, 4.69) is 0 Å². The first kappa shape index (κ1) is 15.9. The Labute approximate surface area is 104 Å². The highest BCUT2D eigenvalue weighted by molar-refractivity contribution is 5.70. The highest BCUT2D eigenvalue weighted by atomic mass is 16.6. The standard InChI is InChI=1S/C13H24O4/c1-9(2)6-12(14)16-8-11(5)17-13(15)7-10(3)4/h9-11H,6-8H2,1-5H3. The average molecular weight is 244 g/mol. The van der Waals surface area contributed by atoms with E-state index in [1.807, 2.05) is 27.7 Å². The van der Waals surface area contributed by atoms with E-state index in [0.29, 0.717) is 12.8 Å². The molecule has 4 heteroatoms. The van der Waals surface area contributed by atoms with Gasteiger partial charge in [-0.1, -0.05) is 27.7 Å². The van der Waals surface area contributed by atoms with Crippen molar-refractivity contribution in [1.29, 1.82) is 0 Å². The summed E-state index contributed by atoms with van der Waals surface area (Å²) in [7, 11) is 0. The minimum atomic E-state index is -0.377. The molecule has 1 atom stereocenters. The predicted molar refractivity (Wildman–Crippen MR) is 65.4 cm³/mol. The van der Waals surface area contributed by atoms with Crippen LogP contribution in [0.2, 0.25) is 0 Å². The molecule has 1 unspecified atom stereocenters. The molecule has 0 saturated heterocycles. The zero-order chi connectivity index (χ0) is 13.4. The fraction of sp³-hybridized carbons (Fsp3) is 0.846. The second-order valence-electron chi connectivity index (χ2n) is 5.18. The van der Waals surface area contributed by atoms with Crippen LogP contribution in [0.5, 0.6) is 0 Å². The van der Waals surface area contributed by atoms with Gasteiger partial charge in [0, 0.05) is 12.8 Å². The summed E-state index contributed by atoms with van der Waals surface area (Å²) in [6.45, 7) is 9.67. The molecule has 0 aromatic carbocycles. The van der Waals surface area contributed by atoms with Crippen molar-refractivity contribution >= 4 is 11.9 Å². The van der Waals surface area contributed by atoms with Gasteiger partial charge in [-0.3, -0.25) is 9.59 Å². The third-order valence-electron chi connectivity index (χ3n) is 1.96. The highest BCUT2D eigenvalue weighted by Gasteiger charge is 2.13. The third kappa shape index (κ3) is 9.85. The fourth-order valence-corrected chi connectivity index (χ4v) is 1.24. The SMILES string of the molecule is CC(C)CC(=O)OCC(C)OC(=O)CC(C)C. The summed E-state index contributed by atoms with van der Waals surface area (Å²) >= 11 is 0. The van der Waals surface area contributed by atoms with Crippen molar-refractivity contribution in [3.8, 4) is 0 Å². The molecule has 0 N–H and O–H groups in total. The second-order valence-corrected chi connectivity index (χ2v) is 5.18. The summed E-state index contributed by atoms with van der Waals surface area (Å²) in [5.74, 6) is 0.0682. The van der Waals surface area contributed by atoms with Crippen LogP contribution in [0.1, 0.15) is 47.5 Å². The number of rotatable bonds is 7. The first-order chi connectivity index (χ1) is 7.81. The van der Waals surface area contributed by atoms with E-state index >= 15 is 0 Å². The lowest BCUT2D eigenvalue weighted by Crippen LogP contribution is -2.23. The summed E-state index contributed by atoms with van der Waals surface area (Å²) in [6.07, 6.45) is 0.411. The van der Waals surface area contributed by atoms with Gasteiger partial charge in [0.05, 0.1) is 0 Å². The molecular formula is C13H24O4. The van der Waals surface area contributed by atoms with Crippen LogP contribution in [0.3, 0.4) is 0 Å². The minimum Gasteiger partial charge on any atom is -0.462 e. The van der Waals surface area contributed by atoms with Gasteiger partial charge in [-0.2, -0.15) is 0 Å². The smallest absolute Gasteiger partial charge is 0.306 e. The lowest BCUT2D eigenvalue weighted by molar-refractivity contribution is -0.158.